The minimum absolute atomic E-state index is 0.141. The third-order valence-corrected chi connectivity index (χ3v) is 4.58. The number of aliphatic hydroxyl groups excluding tert-OH is 1. The van der Waals surface area contributed by atoms with Gasteiger partial charge in [-0.1, -0.05) is 38.0 Å². The lowest BCUT2D eigenvalue weighted by Gasteiger charge is -2.17. The molecule has 0 bridgehead atoms. The summed E-state index contributed by atoms with van der Waals surface area (Å²) in [7, 11) is -4.02. The van der Waals surface area contributed by atoms with Crippen molar-refractivity contribution in [1.82, 2.24) is 0 Å². The number of benzene rings is 2. The van der Waals surface area contributed by atoms with E-state index in [0.717, 1.165) is 19.3 Å². The predicted molar refractivity (Wildman–Crippen MR) is 98.3 cm³/mol. The topological polar surface area (TPSA) is 102 Å². The largest absolute Gasteiger partial charge is 0.454 e. The summed E-state index contributed by atoms with van der Waals surface area (Å²) < 4.78 is 29.9. The highest BCUT2D eigenvalue weighted by Gasteiger charge is 2.21. The smallest absolute Gasteiger partial charge is 0.241 e. The number of ether oxygens (including phenoxy) is 1. The number of primary sulfonamides is 1. The summed E-state index contributed by atoms with van der Waals surface area (Å²) in [6.07, 6.45) is 3.08. The molecule has 7 heteroatoms. The number of hydrogen-bond acceptors (Lipinski definition) is 5. The van der Waals surface area contributed by atoms with Gasteiger partial charge in [-0.15, -0.1) is 0 Å². The molecule has 0 heterocycles. The van der Waals surface area contributed by atoms with E-state index in [9.17, 15) is 13.5 Å². The fourth-order valence-corrected chi connectivity index (χ4v) is 3.13. The summed E-state index contributed by atoms with van der Waals surface area (Å²) in [6.45, 7) is 2.48. The standard InChI is InChI=1S/C18H24N2O4S/c1-2-3-7-10-20-16-11-14(13-21)12-17(25(19,22)23)18(16)24-15-8-5-4-6-9-15/h4-6,8-9,11-12,20-21H,2-3,7,10,13H2,1H3,(H2,19,22,23). The summed E-state index contributed by atoms with van der Waals surface area (Å²) >= 11 is 0. The van der Waals surface area contributed by atoms with Gasteiger partial charge < -0.3 is 15.2 Å². The van der Waals surface area contributed by atoms with Gasteiger partial charge in [0.2, 0.25) is 10.0 Å². The van der Waals surface area contributed by atoms with Gasteiger partial charge in [-0.25, -0.2) is 13.6 Å². The molecule has 136 valence electrons. The van der Waals surface area contributed by atoms with Crippen molar-refractivity contribution in [2.75, 3.05) is 11.9 Å². The Morgan fingerprint density at radius 2 is 1.88 bits per heavy atom. The minimum Gasteiger partial charge on any atom is -0.454 e. The van der Waals surface area contributed by atoms with E-state index in [1.165, 1.54) is 6.07 Å². The average Bonchev–Trinajstić information content (AvgIpc) is 2.59. The molecule has 0 saturated carbocycles. The van der Waals surface area contributed by atoms with E-state index < -0.39 is 10.0 Å². The van der Waals surface area contributed by atoms with Crippen LogP contribution in [-0.2, 0) is 16.6 Å². The number of rotatable bonds is 9. The molecular formula is C18H24N2O4S. The second-order valence-electron chi connectivity index (χ2n) is 5.72. The van der Waals surface area contributed by atoms with Crippen LogP contribution >= 0.6 is 0 Å². The molecule has 4 N–H and O–H groups in total. The number of anilines is 1. The number of unbranched alkanes of at least 4 members (excludes halogenated alkanes) is 2. The Morgan fingerprint density at radius 3 is 2.48 bits per heavy atom. The lowest BCUT2D eigenvalue weighted by atomic mass is 10.1. The van der Waals surface area contributed by atoms with E-state index in [2.05, 4.69) is 12.2 Å². The van der Waals surface area contributed by atoms with Crippen molar-refractivity contribution >= 4 is 15.7 Å². The van der Waals surface area contributed by atoms with Crippen LogP contribution in [0.25, 0.3) is 0 Å². The van der Waals surface area contributed by atoms with Crippen molar-refractivity contribution in [2.45, 2.75) is 37.7 Å². The molecule has 0 aliphatic rings. The first kappa shape index (κ1) is 19.2. The van der Waals surface area contributed by atoms with Crippen molar-refractivity contribution < 1.29 is 18.3 Å². The second-order valence-corrected chi connectivity index (χ2v) is 7.25. The van der Waals surface area contributed by atoms with Gasteiger partial charge in [-0.05, 0) is 36.2 Å². The molecular weight excluding hydrogens is 340 g/mol. The van der Waals surface area contributed by atoms with Gasteiger partial charge in [-0.3, -0.25) is 0 Å². The Morgan fingerprint density at radius 1 is 1.16 bits per heavy atom. The zero-order chi connectivity index (χ0) is 18.3. The molecule has 2 aromatic rings. The van der Waals surface area contributed by atoms with Gasteiger partial charge >= 0.3 is 0 Å². The van der Waals surface area contributed by atoms with Gasteiger partial charge in [0.05, 0.1) is 12.3 Å². The zero-order valence-electron chi connectivity index (χ0n) is 14.2. The van der Waals surface area contributed by atoms with Crippen molar-refractivity contribution in [2.24, 2.45) is 5.14 Å². The summed E-state index contributed by atoms with van der Waals surface area (Å²) in [4.78, 5) is -0.152. The number of nitrogens with one attached hydrogen (secondary N) is 1. The number of nitrogens with two attached hydrogens (primary N) is 1. The van der Waals surface area contributed by atoms with Gasteiger partial charge in [0, 0.05) is 6.54 Å². The number of hydrogen-bond donors (Lipinski definition) is 3. The Kier molecular flexibility index (Phi) is 6.81. The molecule has 0 unspecified atom stereocenters. The Bertz CT molecular complexity index is 792. The Balaban J connectivity index is 2.46. The summed E-state index contributed by atoms with van der Waals surface area (Å²) in [5.41, 5.74) is 0.943. The van der Waals surface area contributed by atoms with Gasteiger partial charge in [-0.2, -0.15) is 0 Å². The second kappa shape index (κ2) is 8.84. The van der Waals surface area contributed by atoms with E-state index in [1.54, 1.807) is 30.3 Å². The number of sulfonamides is 1. The van der Waals surface area contributed by atoms with E-state index in [0.29, 0.717) is 23.5 Å². The van der Waals surface area contributed by atoms with Crippen LogP contribution in [-0.4, -0.2) is 20.1 Å². The molecule has 2 aromatic carbocycles. The van der Waals surface area contributed by atoms with Crippen LogP contribution < -0.4 is 15.2 Å². The van der Waals surface area contributed by atoms with E-state index in [4.69, 9.17) is 9.88 Å². The molecule has 2 rings (SSSR count). The SMILES string of the molecule is CCCCCNc1cc(CO)cc(S(N)(=O)=O)c1Oc1ccccc1. The third kappa shape index (κ3) is 5.45. The van der Waals surface area contributed by atoms with Crippen molar-refractivity contribution in [3.63, 3.8) is 0 Å². The van der Waals surface area contributed by atoms with Crippen molar-refractivity contribution in [3.05, 3.63) is 48.0 Å². The maximum absolute atomic E-state index is 12.0. The van der Waals surface area contributed by atoms with Crippen molar-refractivity contribution in [1.29, 1.82) is 0 Å². The van der Waals surface area contributed by atoms with Gasteiger partial charge in [0.15, 0.2) is 5.75 Å². The fourth-order valence-electron chi connectivity index (χ4n) is 2.40. The zero-order valence-corrected chi connectivity index (χ0v) is 15.1. The lowest BCUT2D eigenvalue weighted by Crippen LogP contribution is -2.15. The van der Waals surface area contributed by atoms with Gasteiger partial charge in [0.25, 0.3) is 0 Å². The first-order chi connectivity index (χ1) is 12.0. The first-order valence-electron chi connectivity index (χ1n) is 8.23. The molecule has 0 aromatic heterocycles. The molecule has 0 aliphatic heterocycles. The van der Waals surface area contributed by atoms with Crippen LogP contribution in [0.1, 0.15) is 31.7 Å². The molecule has 0 aliphatic carbocycles. The van der Waals surface area contributed by atoms with Crippen LogP contribution in [0.15, 0.2) is 47.4 Å². The molecule has 0 atom stereocenters. The molecule has 25 heavy (non-hydrogen) atoms. The summed E-state index contributed by atoms with van der Waals surface area (Å²) in [5, 5.41) is 18.0. The molecule has 0 fully saturated rings. The molecule has 0 radical (unpaired) electrons. The predicted octanol–water partition coefficient (Wildman–Crippen LogP) is 3.22. The Labute approximate surface area is 148 Å². The molecule has 6 nitrogen and oxygen atoms in total. The molecule has 0 spiro atoms. The maximum atomic E-state index is 12.0. The number of para-hydroxylation sites is 1. The average molecular weight is 364 g/mol. The van der Waals surface area contributed by atoms with Crippen LogP contribution in [0.2, 0.25) is 0 Å². The van der Waals surface area contributed by atoms with Crippen LogP contribution in [0.3, 0.4) is 0 Å². The third-order valence-electron chi connectivity index (χ3n) is 3.66. The highest BCUT2D eigenvalue weighted by Crippen LogP contribution is 2.37. The fraction of sp³-hybridized carbons (Fsp3) is 0.333. The van der Waals surface area contributed by atoms with Crippen molar-refractivity contribution in [3.8, 4) is 11.5 Å². The first-order valence-corrected chi connectivity index (χ1v) is 9.77. The summed E-state index contributed by atoms with van der Waals surface area (Å²) in [6, 6.07) is 11.9. The van der Waals surface area contributed by atoms with Gasteiger partial charge in [0.1, 0.15) is 10.6 Å². The minimum atomic E-state index is -4.02. The quantitative estimate of drug-likeness (QED) is 0.593. The molecule has 0 saturated heterocycles. The lowest BCUT2D eigenvalue weighted by molar-refractivity contribution is 0.281. The highest BCUT2D eigenvalue weighted by molar-refractivity contribution is 7.89. The van der Waals surface area contributed by atoms with Crippen LogP contribution in [0.4, 0.5) is 5.69 Å². The Hall–Kier alpha value is -2.09. The summed E-state index contributed by atoms with van der Waals surface area (Å²) in [5.74, 6) is 0.642. The maximum Gasteiger partial charge on any atom is 0.241 e. The van der Waals surface area contributed by atoms with E-state index in [1.807, 2.05) is 6.07 Å². The highest BCUT2D eigenvalue weighted by atomic mass is 32.2. The monoisotopic (exact) mass is 364 g/mol. The normalized spacial score (nSPS) is 11.3. The van der Waals surface area contributed by atoms with E-state index >= 15 is 0 Å². The van der Waals surface area contributed by atoms with Crippen LogP contribution in [0, 0.1) is 0 Å². The van der Waals surface area contributed by atoms with Crippen LogP contribution in [0.5, 0.6) is 11.5 Å². The molecule has 0 amide bonds. The number of aliphatic hydroxyl groups is 1. The van der Waals surface area contributed by atoms with E-state index in [-0.39, 0.29) is 17.3 Å².